The lowest BCUT2D eigenvalue weighted by Crippen LogP contribution is -2.38. The number of halogens is 1. The van der Waals surface area contributed by atoms with E-state index >= 15 is 0 Å². The zero-order valence-corrected chi connectivity index (χ0v) is 13.8. The normalized spacial score (nSPS) is 16.6. The van der Waals surface area contributed by atoms with E-state index in [1.165, 1.54) is 29.7 Å². The van der Waals surface area contributed by atoms with Crippen LogP contribution in [0.2, 0.25) is 5.02 Å². The van der Waals surface area contributed by atoms with Gasteiger partial charge in [-0.15, -0.1) is 0 Å². The number of aryl methyl sites for hydroxylation is 1. The smallest absolute Gasteiger partial charge is 0.0451 e. The largest absolute Gasteiger partial charge is 0.382 e. The van der Waals surface area contributed by atoms with Gasteiger partial charge in [0.25, 0.3) is 0 Å². The van der Waals surface area contributed by atoms with Crippen molar-refractivity contribution in [3.8, 4) is 0 Å². The summed E-state index contributed by atoms with van der Waals surface area (Å²) >= 11 is 6.26. The molecular formula is C19H23ClN2. The molecule has 1 fully saturated rings. The highest BCUT2D eigenvalue weighted by molar-refractivity contribution is 6.31. The zero-order valence-electron chi connectivity index (χ0n) is 13.1. The predicted octanol–water partition coefficient (Wildman–Crippen LogP) is 4.72. The van der Waals surface area contributed by atoms with Gasteiger partial charge in [-0.25, -0.2) is 0 Å². The molecule has 1 aliphatic heterocycles. The van der Waals surface area contributed by atoms with Crippen LogP contribution in [0.15, 0.2) is 48.5 Å². The lowest BCUT2D eigenvalue weighted by Gasteiger charge is -2.33. The van der Waals surface area contributed by atoms with Crippen LogP contribution in [0.5, 0.6) is 0 Å². The topological polar surface area (TPSA) is 15.3 Å². The molecule has 3 rings (SSSR count). The van der Waals surface area contributed by atoms with Crippen molar-refractivity contribution in [3.05, 3.63) is 64.7 Å². The molecule has 1 heterocycles. The van der Waals surface area contributed by atoms with Crippen LogP contribution in [0.1, 0.15) is 24.0 Å². The number of hydrogen-bond donors (Lipinski definition) is 1. The van der Waals surface area contributed by atoms with Crippen LogP contribution in [0.25, 0.3) is 0 Å². The molecule has 0 bridgehead atoms. The summed E-state index contributed by atoms with van der Waals surface area (Å²) < 4.78 is 0. The first-order valence-corrected chi connectivity index (χ1v) is 8.37. The monoisotopic (exact) mass is 314 g/mol. The molecule has 0 radical (unpaired) electrons. The molecule has 2 aromatic rings. The number of rotatable bonds is 4. The Hall–Kier alpha value is -1.51. The van der Waals surface area contributed by atoms with Crippen molar-refractivity contribution in [3.63, 3.8) is 0 Å². The average Bonchev–Trinajstić information content (AvgIpc) is 2.52. The number of likely N-dealkylation sites (tertiary alicyclic amines) is 1. The number of benzene rings is 2. The number of nitrogens with one attached hydrogen (secondary N) is 1. The Morgan fingerprint density at radius 2 is 1.86 bits per heavy atom. The van der Waals surface area contributed by atoms with Crippen molar-refractivity contribution in [2.45, 2.75) is 32.4 Å². The van der Waals surface area contributed by atoms with Gasteiger partial charge in [-0.2, -0.15) is 0 Å². The maximum Gasteiger partial charge on any atom is 0.0451 e. The van der Waals surface area contributed by atoms with Gasteiger partial charge < -0.3 is 5.32 Å². The Kier molecular flexibility index (Phi) is 5.01. The summed E-state index contributed by atoms with van der Waals surface area (Å²) in [5.74, 6) is 0. The summed E-state index contributed by atoms with van der Waals surface area (Å²) in [4.78, 5) is 2.50. The third-order valence-electron chi connectivity index (χ3n) is 4.33. The molecule has 0 amide bonds. The van der Waals surface area contributed by atoms with Crippen LogP contribution in [0, 0.1) is 6.92 Å². The SMILES string of the molecule is Cc1cccc(NC2CCN(Cc3ccccc3Cl)CC2)c1. The average molecular weight is 315 g/mol. The van der Waals surface area contributed by atoms with E-state index in [1.807, 2.05) is 12.1 Å². The van der Waals surface area contributed by atoms with Gasteiger partial charge in [0.1, 0.15) is 0 Å². The van der Waals surface area contributed by atoms with E-state index in [9.17, 15) is 0 Å². The molecule has 0 saturated carbocycles. The number of anilines is 1. The lowest BCUT2D eigenvalue weighted by molar-refractivity contribution is 0.211. The highest BCUT2D eigenvalue weighted by Gasteiger charge is 2.19. The Morgan fingerprint density at radius 1 is 1.09 bits per heavy atom. The number of hydrogen-bond acceptors (Lipinski definition) is 2. The summed E-state index contributed by atoms with van der Waals surface area (Å²) in [6.07, 6.45) is 2.36. The Bertz CT molecular complexity index is 618. The van der Waals surface area contributed by atoms with E-state index in [4.69, 9.17) is 11.6 Å². The molecule has 22 heavy (non-hydrogen) atoms. The van der Waals surface area contributed by atoms with Gasteiger partial charge in [-0.3, -0.25) is 4.90 Å². The molecule has 0 aliphatic carbocycles. The van der Waals surface area contributed by atoms with Crippen LogP contribution in [-0.2, 0) is 6.54 Å². The number of piperidine rings is 1. The van der Waals surface area contributed by atoms with Crippen molar-refractivity contribution >= 4 is 17.3 Å². The fourth-order valence-corrected chi connectivity index (χ4v) is 3.27. The van der Waals surface area contributed by atoms with E-state index in [2.05, 4.69) is 53.5 Å². The van der Waals surface area contributed by atoms with Crippen LogP contribution < -0.4 is 5.32 Å². The van der Waals surface area contributed by atoms with E-state index in [0.29, 0.717) is 6.04 Å². The summed E-state index contributed by atoms with van der Waals surface area (Å²) in [6.45, 7) is 5.33. The first-order valence-electron chi connectivity index (χ1n) is 8.00. The van der Waals surface area contributed by atoms with E-state index < -0.39 is 0 Å². The van der Waals surface area contributed by atoms with Gasteiger partial charge >= 0.3 is 0 Å². The second-order valence-corrected chi connectivity index (χ2v) is 6.56. The predicted molar refractivity (Wildman–Crippen MR) is 94.6 cm³/mol. The molecule has 1 N–H and O–H groups in total. The van der Waals surface area contributed by atoms with Crippen LogP contribution in [-0.4, -0.2) is 24.0 Å². The van der Waals surface area contributed by atoms with Gasteiger partial charge in [-0.05, 0) is 49.1 Å². The second kappa shape index (κ2) is 7.17. The Labute approximate surface area is 138 Å². The second-order valence-electron chi connectivity index (χ2n) is 6.16. The molecule has 3 heteroatoms. The molecule has 116 valence electrons. The van der Waals surface area contributed by atoms with Crippen molar-refractivity contribution in [2.24, 2.45) is 0 Å². The summed E-state index contributed by atoms with van der Waals surface area (Å²) in [5.41, 5.74) is 3.78. The fraction of sp³-hybridized carbons (Fsp3) is 0.368. The first-order chi connectivity index (χ1) is 10.7. The third-order valence-corrected chi connectivity index (χ3v) is 4.70. The maximum atomic E-state index is 6.26. The molecule has 2 aromatic carbocycles. The van der Waals surface area contributed by atoms with E-state index in [0.717, 1.165) is 24.7 Å². The van der Waals surface area contributed by atoms with Gasteiger partial charge in [0.2, 0.25) is 0 Å². The van der Waals surface area contributed by atoms with Crippen molar-refractivity contribution in [1.29, 1.82) is 0 Å². The van der Waals surface area contributed by atoms with Gasteiger partial charge in [-0.1, -0.05) is 41.9 Å². The van der Waals surface area contributed by atoms with Crippen LogP contribution in [0.3, 0.4) is 0 Å². The summed E-state index contributed by atoms with van der Waals surface area (Å²) in [7, 11) is 0. The van der Waals surface area contributed by atoms with Crippen molar-refractivity contribution < 1.29 is 0 Å². The zero-order chi connectivity index (χ0) is 15.4. The number of nitrogens with zero attached hydrogens (tertiary/aromatic N) is 1. The molecule has 1 aliphatic rings. The molecule has 1 saturated heterocycles. The molecule has 2 nitrogen and oxygen atoms in total. The van der Waals surface area contributed by atoms with E-state index in [1.54, 1.807) is 0 Å². The first kappa shape index (κ1) is 15.4. The molecular weight excluding hydrogens is 292 g/mol. The van der Waals surface area contributed by atoms with Gasteiger partial charge in [0, 0.05) is 36.4 Å². The summed E-state index contributed by atoms with van der Waals surface area (Å²) in [6, 6.07) is 17.4. The summed E-state index contributed by atoms with van der Waals surface area (Å²) in [5, 5.41) is 4.54. The maximum absolute atomic E-state index is 6.26. The molecule has 0 atom stereocenters. The Balaban J connectivity index is 1.51. The molecule has 0 aromatic heterocycles. The van der Waals surface area contributed by atoms with Gasteiger partial charge in [0.15, 0.2) is 0 Å². The van der Waals surface area contributed by atoms with Crippen LogP contribution >= 0.6 is 11.6 Å². The van der Waals surface area contributed by atoms with Gasteiger partial charge in [0.05, 0.1) is 0 Å². The highest BCUT2D eigenvalue weighted by Crippen LogP contribution is 2.21. The van der Waals surface area contributed by atoms with Crippen molar-refractivity contribution in [2.75, 3.05) is 18.4 Å². The van der Waals surface area contributed by atoms with Crippen molar-refractivity contribution in [1.82, 2.24) is 4.90 Å². The lowest BCUT2D eigenvalue weighted by atomic mass is 10.0. The standard InChI is InChI=1S/C19H23ClN2/c1-15-5-4-7-18(13-15)21-17-9-11-22(12-10-17)14-16-6-2-3-8-19(16)20/h2-8,13,17,21H,9-12,14H2,1H3. The fourth-order valence-electron chi connectivity index (χ4n) is 3.07. The molecule has 0 spiro atoms. The third kappa shape index (κ3) is 4.02. The molecule has 0 unspecified atom stereocenters. The minimum absolute atomic E-state index is 0.573. The highest BCUT2D eigenvalue weighted by atomic mass is 35.5. The Morgan fingerprint density at radius 3 is 2.59 bits per heavy atom. The van der Waals surface area contributed by atoms with E-state index in [-0.39, 0.29) is 0 Å². The van der Waals surface area contributed by atoms with Crippen LogP contribution in [0.4, 0.5) is 5.69 Å². The minimum atomic E-state index is 0.573. The quantitative estimate of drug-likeness (QED) is 0.878. The minimum Gasteiger partial charge on any atom is -0.382 e.